The van der Waals surface area contributed by atoms with Crippen molar-refractivity contribution < 1.29 is 14.3 Å². The average molecular weight is 275 g/mol. The third kappa shape index (κ3) is 2.84. The summed E-state index contributed by atoms with van der Waals surface area (Å²) in [5.74, 6) is -0.869. The highest BCUT2D eigenvalue weighted by Crippen LogP contribution is 2.14. The van der Waals surface area contributed by atoms with Gasteiger partial charge in [-0.05, 0) is 26.3 Å². The molecule has 0 amide bonds. The molecule has 20 heavy (non-hydrogen) atoms. The predicted molar refractivity (Wildman–Crippen MR) is 72.7 cm³/mol. The maximum atomic E-state index is 12.0. The smallest absolute Gasteiger partial charge is 0.313 e. The van der Waals surface area contributed by atoms with E-state index < -0.39 is 5.97 Å². The number of carbonyl (C=O) groups excluding carboxylic acids is 2. The number of esters is 1. The standard InChI is InChI=1S/C14H17N3O3/c1-4-10-12-6-11(13(18)7-14(19)20-5-2)16-17(12)8-9(3)15-10/h6,8H,4-5,7H2,1-3H3. The van der Waals surface area contributed by atoms with E-state index in [0.29, 0.717) is 0 Å². The van der Waals surface area contributed by atoms with Crippen LogP contribution in [0.25, 0.3) is 5.52 Å². The number of nitrogens with zero attached hydrogens (tertiary/aromatic N) is 3. The van der Waals surface area contributed by atoms with Crippen LogP contribution in [0.4, 0.5) is 0 Å². The number of rotatable bonds is 5. The molecular formula is C14H17N3O3. The van der Waals surface area contributed by atoms with E-state index in [-0.39, 0.29) is 24.5 Å². The van der Waals surface area contributed by atoms with Crippen LogP contribution in [0.2, 0.25) is 0 Å². The van der Waals surface area contributed by atoms with Gasteiger partial charge in [-0.15, -0.1) is 0 Å². The summed E-state index contributed by atoms with van der Waals surface area (Å²) in [6.45, 7) is 5.84. The molecule has 2 aromatic heterocycles. The molecule has 2 aromatic rings. The lowest BCUT2D eigenvalue weighted by Gasteiger charge is -2.01. The summed E-state index contributed by atoms with van der Waals surface area (Å²) in [6.07, 6.45) is 2.23. The van der Waals surface area contributed by atoms with Crippen molar-refractivity contribution in [2.45, 2.75) is 33.6 Å². The zero-order valence-corrected chi connectivity index (χ0v) is 11.8. The van der Waals surface area contributed by atoms with Gasteiger partial charge in [-0.1, -0.05) is 6.92 Å². The summed E-state index contributed by atoms with van der Waals surface area (Å²) >= 11 is 0. The normalized spacial score (nSPS) is 10.8. The summed E-state index contributed by atoms with van der Waals surface area (Å²) in [7, 11) is 0. The molecule has 6 heteroatoms. The maximum Gasteiger partial charge on any atom is 0.313 e. The van der Waals surface area contributed by atoms with E-state index in [2.05, 4.69) is 10.1 Å². The highest BCUT2D eigenvalue weighted by atomic mass is 16.5. The van der Waals surface area contributed by atoms with Crippen LogP contribution in [0.1, 0.15) is 42.1 Å². The minimum Gasteiger partial charge on any atom is -0.466 e. The van der Waals surface area contributed by atoms with Crippen LogP contribution < -0.4 is 0 Å². The van der Waals surface area contributed by atoms with Gasteiger partial charge < -0.3 is 4.74 Å². The molecule has 0 atom stereocenters. The summed E-state index contributed by atoms with van der Waals surface area (Å²) < 4.78 is 6.40. The van der Waals surface area contributed by atoms with Gasteiger partial charge in [0.15, 0.2) is 5.78 Å². The predicted octanol–water partition coefficient (Wildman–Crippen LogP) is 1.74. The van der Waals surface area contributed by atoms with Crippen molar-refractivity contribution in [2.75, 3.05) is 6.61 Å². The second-order valence-corrected chi connectivity index (χ2v) is 4.45. The lowest BCUT2D eigenvalue weighted by Crippen LogP contribution is -2.11. The van der Waals surface area contributed by atoms with E-state index in [1.165, 1.54) is 0 Å². The van der Waals surface area contributed by atoms with E-state index in [4.69, 9.17) is 4.74 Å². The molecule has 0 aliphatic rings. The van der Waals surface area contributed by atoms with Crippen molar-refractivity contribution in [3.63, 3.8) is 0 Å². The Morgan fingerprint density at radius 3 is 2.75 bits per heavy atom. The number of Topliss-reactive ketones (excluding diaryl/α,β-unsaturated/α-hetero) is 1. The fourth-order valence-corrected chi connectivity index (χ4v) is 2.01. The van der Waals surface area contributed by atoms with Gasteiger partial charge in [0.25, 0.3) is 0 Å². The molecule has 0 aromatic carbocycles. The Hall–Kier alpha value is -2.24. The maximum absolute atomic E-state index is 12.0. The third-order valence-electron chi connectivity index (χ3n) is 2.88. The van der Waals surface area contributed by atoms with Crippen LogP contribution in [-0.2, 0) is 16.0 Å². The highest BCUT2D eigenvalue weighted by Gasteiger charge is 2.17. The topological polar surface area (TPSA) is 73.6 Å². The lowest BCUT2D eigenvalue weighted by atomic mass is 10.2. The minimum absolute atomic E-state index is 0.264. The quantitative estimate of drug-likeness (QED) is 0.472. The number of aromatic nitrogens is 3. The molecule has 2 rings (SSSR count). The van der Waals surface area contributed by atoms with Gasteiger partial charge in [0.05, 0.1) is 29.7 Å². The molecule has 6 nitrogen and oxygen atoms in total. The second-order valence-electron chi connectivity index (χ2n) is 4.45. The van der Waals surface area contributed by atoms with Gasteiger partial charge in [-0.2, -0.15) is 5.10 Å². The molecule has 2 heterocycles. The molecule has 0 unspecified atom stereocenters. The van der Waals surface area contributed by atoms with Gasteiger partial charge in [-0.3, -0.25) is 14.6 Å². The van der Waals surface area contributed by atoms with Gasteiger partial charge in [0.2, 0.25) is 0 Å². The van der Waals surface area contributed by atoms with Crippen LogP contribution in [0.5, 0.6) is 0 Å². The first-order valence-corrected chi connectivity index (χ1v) is 6.59. The van der Waals surface area contributed by atoms with E-state index in [0.717, 1.165) is 23.3 Å². The average Bonchev–Trinajstić information content (AvgIpc) is 2.81. The van der Waals surface area contributed by atoms with Crippen molar-refractivity contribution in [3.05, 3.63) is 29.3 Å². The number of fused-ring (bicyclic) bond motifs is 1. The van der Waals surface area contributed by atoms with Crippen LogP contribution in [0, 0.1) is 6.92 Å². The number of ether oxygens (including phenoxy) is 1. The third-order valence-corrected chi connectivity index (χ3v) is 2.88. The molecule has 0 spiro atoms. The van der Waals surface area contributed by atoms with Gasteiger partial charge >= 0.3 is 5.97 Å². The van der Waals surface area contributed by atoms with Crippen molar-refractivity contribution in [3.8, 4) is 0 Å². The zero-order valence-electron chi connectivity index (χ0n) is 11.8. The lowest BCUT2D eigenvalue weighted by molar-refractivity contribution is -0.141. The van der Waals surface area contributed by atoms with Crippen molar-refractivity contribution in [1.29, 1.82) is 0 Å². The van der Waals surface area contributed by atoms with Gasteiger partial charge in [0, 0.05) is 0 Å². The van der Waals surface area contributed by atoms with Crippen molar-refractivity contribution in [2.24, 2.45) is 0 Å². The van der Waals surface area contributed by atoms with Crippen LogP contribution in [0.3, 0.4) is 0 Å². The van der Waals surface area contributed by atoms with Gasteiger partial charge in [-0.25, -0.2) is 4.52 Å². The highest BCUT2D eigenvalue weighted by molar-refractivity contribution is 6.05. The Balaban J connectivity index is 2.32. The summed E-state index contributed by atoms with van der Waals surface area (Å²) in [6, 6.07) is 1.67. The molecule has 0 N–H and O–H groups in total. The molecule has 0 saturated heterocycles. The first-order chi connectivity index (χ1) is 9.55. The number of aryl methyl sites for hydroxylation is 2. The zero-order chi connectivity index (χ0) is 14.7. The van der Waals surface area contributed by atoms with E-state index in [1.807, 2.05) is 13.8 Å². The fraction of sp³-hybridized carbons (Fsp3) is 0.429. The molecule has 0 bridgehead atoms. The Kier molecular flexibility index (Phi) is 4.12. The van der Waals surface area contributed by atoms with Crippen LogP contribution in [0.15, 0.2) is 12.3 Å². The molecule has 0 saturated carbocycles. The molecule has 0 radical (unpaired) electrons. The summed E-state index contributed by atoms with van der Waals surface area (Å²) in [5, 5.41) is 4.21. The van der Waals surface area contributed by atoms with E-state index in [9.17, 15) is 9.59 Å². The molecule has 106 valence electrons. The van der Waals surface area contributed by atoms with Crippen molar-refractivity contribution >= 4 is 17.3 Å². The first-order valence-electron chi connectivity index (χ1n) is 6.59. The Morgan fingerprint density at radius 1 is 1.35 bits per heavy atom. The van der Waals surface area contributed by atoms with Crippen molar-refractivity contribution in [1.82, 2.24) is 14.6 Å². The number of ketones is 1. The summed E-state index contributed by atoms with van der Waals surface area (Å²) in [4.78, 5) is 27.7. The first kappa shape index (κ1) is 14.2. The second kappa shape index (κ2) is 5.81. The Morgan fingerprint density at radius 2 is 2.10 bits per heavy atom. The van der Waals surface area contributed by atoms with E-state index >= 15 is 0 Å². The number of hydrogen-bond acceptors (Lipinski definition) is 5. The Labute approximate surface area is 116 Å². The number of hydrogen-bond donors (Lipinski definition) is 0. The SMILES string of the molecule is CCOC(=O)CC(=O)c1cc2c(CC)nc(C)cn2n1. The Bertz CT molecular complexity index is 661. The fourth-order valence-electron chi connectivity index (χ4n) is 2.01. The number of carbonyl (C=O) groups is 2. The van der Waals surface area contributed by atoms with Gasteiger partial charge in [0.1, 0.15) is 12.1 Å². The van der Waals surface area contributed by atoms with Crippen LogP contribution in [-0.4, -0.2) is 33.0 Å². The molecule has 0 fully saturated rings. The summed E-state index contributed by atoms with van der Waals surface area (Å²) in [5.41, 5.74) is 2.78. The molecule has 0 aliphatic carbocycles. The minimum atomic E-state index is -0.528. The molecule has 0 aliphatic heterocycles. The monoisotopic (exact) mass is 275 g/mol. The van der Waals surface area contributed by atoms with Crippen LogP contribution >= 0.6 is 0 Å². The largest absolute Gasteiger partial charge is 0.466 e. The molecular weight excluding hydrogens is 258 g/mol. The van der Waals surface area contributed by atoms with E-state index in [1.54, 1.807) is 23.7 Å².